The lowest BCUT2D eigenvalue weighted by atomic mass is 9.88. The molecule has 0 aliphatic carbocycles. The average molecular weight is 168 g/mol. The Morgan fingerprint density at radius 3 is 2.67 bits per heavy atom. The van der Waals surface area contributed by atoms with Crippen LogP contribution < -0.4 is 0 Å². The molecule has 0 unspecified atom stereocenters. The number of azide groups is 1. The maximum atomic E-state index is 10.8. The molecular formula is C7H12N4O. The van der Waals surface area contributed by atoms with Crippen LogP contribution in [0.2, 0.25) is 0 Å². The van der Waals surface area contributed by atoms with Crippen LogP contribution in [0.25, 0.3) is 10.4 Å². The summed E-state index contributed by atoms with van der Waals surface area (Å²) in [5.74, 6) is 0.0483. The van der Waals surface area contributed by atoms with Gasteiger partial charge in [-0.15, -0.1) is 0 Å². The smallest absolute Gasteiger partial charge is 0.219 e. The quantitative estimate of drug-likeness (QED) is 0.348. The molecule has 1 aliphatic heterocycles. The number of hydrogen-bond donors (Lipinski definition) is 0. The van der Waals surface area contributed by atoms with Gasteiger partial charge in [0.05, 0.1) is 5.54 Å². The second-order valence-electron chi connectivity index (χ2n) is 3.14. The monoisotopic (exact) mass is 168 g/mol. The van der Waals surface area contributed by atoms with Gasteiger partial charge in [0.25, 0.3) is 0 Å². The Morgan fingerprint density at radius 2 is 2.33 bits per heavy atom. The maximum absolute atomic E-state index is 10.8. The van der Waals surface area contributed by atoms with E-state index in [1.165, 1.54) is 6.92 Å². The van der Waals surface area contributed by atoms with Crippen LogP contribution in [-0.2, 0) is 4.79 Å². The van der Waals surface area contributed by atoms with Gasteiger partial charge in [-0.3, -0.25) is 4.79 Å². The molecule has 5 nitrogen and oxygen atoms in total. The van der Waals surface area contributed by atoms with E-state index in [0.717, 1.165) is 6.42 Å². The third-order valence-electron chi connectivity index (χ3n) is 2.33. The third-order valence-corrected chi connectivity index (χ3v) is 2.33. The van der Waals surface area contributed by atoms with E-state index in [4.69, 9.17) is 5.53 Å². The normalized spacial score (nSPS) is 19.3. The molecule has 0 N–H and O–H groups in total. The van der Waals surface area contributed by atoms with Crippen LogP contribution in [0.1, 0.15) is 20.3 Å². The van der Waals surface area contributed by atoms with Crippen LogP contribution in [0.4, 0.5) is 0 Å². The highest BCUT2D eigenvalue weighted by molar-refractivity contribution is 5.74. The van der Waals surface area contributed by atoms with Gasteiger partial charge in [-0.25, -0.2) is 0 Å². The second kappa shape index (κ2) is 3.03. The van der Waals surface area contributed by atoms with Crippen molar-refractivity contribution in [3.05, 3.63) is 10.4 Å². The highest BCUT2D eigenvalue weighted by atomic mass is 16.2. The lowest BCUT2D eigenvalue weighted by Gasteiger charge is -2.46. The van der Waals surface area contributed by atoms with E-state index >= 15 is 0 Å². The van der Waals surface area contributed by atoms with Gasteiger partial charge in [-0.05, 0) is 12.0 Å². The molecule has 1 amide bonds. The topological polar surface area (TPSA) is 69.1 Å². The molecule has 0 spiro atoms. The first-order chi connectivity index (χ1) is 5.63. The molecule has 1 aliphatic rings. The molecule has 0 saturated carbocycles. The van der Waals surface area contributed by atoms with Gasteiger partial charge in [-0.1, -0.05) is 12.0 Å². The molecule has 0 bridgehead atoms. The molecule has 0 aromatic heterocycles. The molecule has 0 aromatic carbocycles. The molecular weight excluding hydrogens is 156 g/mol. The van der Waals surface area contributed by atoms with Crippen LogP contribution >= 0.6 is 0 Å². The van der Waals surface area contributed by atoms with E-state index in [9.17, 15) is 4.79 Å². The zero-order valence-electron chi connectivity index (χ0n) is 7.32. The summed E-state index contributed by atoms with van der Waals surface area (Å²) in [7, 11) is 0. The zero-order valence-corrected chi connectivity index (χ0v) is 7.32. The van der Waals surface area contributed by atoms with Crippen molar-refractivity contribution in [1.29, 1.82) is 0 Å². The van der Waals surface area contributed by atoms with Gasteiger partial charge in [0, 0.05) is 24.9 Å². The van der Waals surface area contributed by atoms with Crippen LogP contribution in [0, 0.1) is 0 Å². The standard InChI is InChI=1S/C7H12N4O/c1-3-7(9-10-8)4-11(5-7)6(2)12/h3-5H2,1-2H3. The van der Waals surface area contributed by atoms with E-state index in [2.05, 4.69) is 10.0 Å². The lowest BCUT2D eigenvalue weighted by molar-refractivity contribution is -0.136. The molecule has 66 valence electrons. The minimum atomic E-state index is -0.319. The molecule has 1 fully saturated rings. The van der Waals surface area contributed by atoms with E-state index in [1.807, 2.05) is 6.92 Å². The minimum absolute atomic E-state index is 0.0483. The third kappa shape index (κ3) is 1.36. The van der Waals surface area contributed by atoms with E-state index in [0.29, 0.717) is 13.1 Å². The van der Waals surface area contributed by atoms with Crippen molar-refractivity contribution in [2.24, 2.45) is 5.11 Å². The highest BCUT2D eigenvalue weighted by Crippen LogP contribution is 2.28. The Bertz CT molecular complexity index is 238. The first-order valence-corrected chi connectivity index (χ1v) is 3.95. The number of likely N-dealkylation sites (tertiary alicyclic amines) is 1. The van der Waals surface area contributed by atoms with Gasteiger partial charge in [0.15, 0.2) is 0 Å². The van der Waals surface area contributed by atoms with Crippen LogP contribution in [-0.4, -0.2) is 29.4 Å². The summed E-state index contributed by atoms with van der Waals surface area (Å²) in [4.78, 5) is 15.3. The Morgan fingerprint density at radius 1 is 1.75 bits per heavy atom. The van der Waals surface area contributed by atoms with E-state index in [-0.39, 0.29) is 11.4 Å². The van der Waals surface area contributed by atoms with Crippen molar-refractivity contribution in [2.45, 2.75) is 25.8 Å². The highest BCUT2D eigenvalue weighted by Gasteiger charge is 2.41. The zero-order chi connectivity index (χ0) is 9.19. The number of amides is 1. The molecule has 0 aromatic rings. The number of rotatable bonds is 2. The van der Waals surface area contributed by atoms with Crippen molar-refractivity contribution in [2.75, 3.05) is 13.1 Å². The van der Waals surface area contributed by atoms with Gasteiger partial charge in [0.1, 0.15) is 0 Å². The first kappa shape index (κ1) is 8.87. The van der Waals surface area contributed by atoms with Crippen molar-refractivity contribution in [3.8, 4) is 0 Å². The number of nitrogens with zero attached hydrogens (tertiary/aromatic N) is 4. The SMILES string of the molecule is CCC1(N=[N+]=[N-])CN(C(C)=O)C1. The van der Waals surface area contributed by atoms with Crippen LogP contribution in [0.15, 0.2) is 5.11 Å². The van der Waals surface area contributed by atoms with Gasteiger partial charge in [-0.2, -0.15) is 0 Å². The number of hydrogen-bond acceptors (Lipinski definition) is 2. The van der Waals surface area contributed by atoms with E-state index in [1.54, 1.807) is 4.90 Å². The minimum Gasteiger partial charge on any atom is -0.341 e. The van der Waals surface area contributed by atoms with Crippen molar-refractivity contribution in [3.63, 3.8) is 0 Å². The number of carbonyl (C=O) groups excluding carboxylic acids is 1. The Balaban J connectivity index is 2.57. The van der Waals surface area contributed by atoms with Crippen LogP contribution in [0.3, 0.4) is 0 Å². The summed E-state index contributed by atoms with van der Waals surface area (Å²) in [5, 5.41) is 3.70. The van der Waals surface area contributed by atoms with Gasteiger partial charge in [0.2, 0.25) is 5.91 Å². The predicted molar refractivity (Wildman–Crippen MR) is 44.4 cm³/mol. The van der Waals surface area contributed by atoms with E-state index < -0.39 is 0 Å². The van der Waals surface area contributed by atoms with Crippen molar-refractivity contribution < 1.29 is 4.79 Å². The molecule has 1 rings (SSSR count). The number of carbonyl (C=O) groups is 1. The predicted octanol–water partition coefficient (Wildman–Crippen LogP) is 1.31. The molecule has 0 atom stereocenters. The molecule has 1 saturated heterocycles. The summed E-state index contributed by atoms with van der Waals surface area (Å²) < 4.78 is 0. The summed E-state index contributed by atoms with van der Waals surface area (Å²) in [6.07, 6.45) is 0.792. The summed E-state index contributed by atoms with van der Waals surface area (Å²) in [5.41, 5.74) is 7.96. The molecule has 12 heavy (non-hydrogen) atoms. The molecule has 5 heteroatoms. The van der Waals surface area contributed by atoms with Crippen molar-refractivity contribution >= 4 is 5.91 Å². The fraction of sp³-hybridized carbons (Fsp3) is 0.857. The van der Waals surface area contributed by atoms with Crippen LogP contribution in [0.5, 0.6) is 0 Å². The molecule has 0 radical (unpaired) electrons. The fourth-order valence-corrected chi connectivity index (χ4v) is 1.34. The fourth-order valence-electron chi connectivity index (χ4n) is 1.34. The summed E-state index contributed by atoms with van der Waals surface area (Å²) in [6.45, 7) is 4.63. The lowest BCUT2D eigenvalue weighted by Crippen LogP contribution is -2.61. The first-order valence-electron chi connectivity index (χ1n) is 3.95. The second-order valence-corrected chi connectivity index (χ2v) is 3.14. The van der Waals surface area contributed by atoms with Crippen molar-refractivity contribution in [1.82, 2.24) is 4.90 Å². The summed E-state index contributed by atoms with van der Waals surface area (Å²) in [6, 6.07) is 0. The Labute approximate surface area is 71.0 Å². The Kier molecular flexibility index (Phi) is 2.24. The summed E-state index contributed by atoms with van der Waals surface area (Å²) >= 11 is 0. The van der Waals surface area contributed by atoms with Gasteiger partial charge < -0.3 is 4.90 Å². The largest absolute Gasteiger partial charge is 0.341 e. The van der Waals surface area contributed by atoms with Gasteiger partial charge >= 0.3 is 0 Å². The Hall–Kier alpha value is -1.22. The average Bonchev–Trinajstić information content (AvgIpc) is 1.95. The molecule has 1 heterocycles. The maximum Gasteiger partial charge on any atom is 0.219 e.